The summed E-state index contributed by atoms with van der Waals surface area (Å²) in [4.78, 5) is 100. The summed E-state index contributed by atoms with van der Waals surface area (Å²) in [6.07, 6.45) is 8.27. The Morgan fingerprint density at radius 2 is 1.05 bits per heavy atom. The molecule has 4 aliphatic rings. The van der Waals surface area contributed by atoms with Gasteiger partial charge in [-0.1, -0.05) is 47.5 Å². The Bertz CT molecular complexity index is 3360. The fourth-order valence-electron chi connectivity index (χ4n) is 8.64. The SMILES string of the molecule is NC(=O)c1nn(CC(=O)N(CC(=O)NCc2cccc(Cl)c2F)C2CC2)c2cc(N)ccc12.NC(=O)c1nn(CC(=O)N(CC(=O)NCc2cccc(Cl)c2F)C2CC2)c2cc(NC(=O)CC3CC3)ccc12.O=C(O)CC1CC1. The zero-order valence-corrected chi connectivity index (χ0v) is 44.2. The standard InChI is InChI=1S/C27H28ClFN6O4.C22H22ClFN6O3.C5H8O2/c28-20-3-1-2-16(25(20)29)12-31-23(37)13-34(18-7-8-18)24(38)14-35-21-11-17(32-22(36)10-15-4-5-15)6-9-19(21)26(33-35)27(30)39;23-16-3-1-2-12(20(16)24)9-27-18(31)10-29(14-5-6-14)19(32)11-30-17-8-13(25)4-7-15(17)21(28-30)22(26)33;6-5(7)3-4-1-2-4/h1-3,6,9,11,15,18H,4-5,7-8,10,12-14H2,(H2,30,39)(H,31,37)(H,32,36);1-4,7-8,14H,5-6,9-11,25H2,(H2,26,33)(H,27,31);4H,1-3H2,(H,6,7). The lowest BCUT2D eigenvalue weighted by molar-refractivity contribution is -0.137. The third-order valence-corrected chi connectivity index (χ3v) is 14.0. The van der Waals surface area contributed by atoms with E-state index in [0.717, 1.165) is 51.4 Å². The van der Waals surface area contributed by atoms with Crippen LogP contribution < -0.4 is 33.2 Å². The van der Waals surface area contributed by atoms with Gasteiger partial charge in [0.2, 0.25) is 29.5 Å². The Morgan fingerprint density at radius 1 is 0.608 bits per heavy atom. The minimum absolute atomic E-state index is 0.00733. The maximum atomic E-state index is 14.2. The molecule has 0 saturated heterocycles. The maximum Gasteiger partial charge on any atom is 0.303 e. The van der Waals surface area contributed by atoms with Gasteiger partial charge in [-0.3, -0.25) is 47.7 Å². The number of primary amides is 2. The number of benzene rings is 4. The van der Waals surface area contributed by atoms with Crippen molar-refractivity contribution in [3.05, 3.63) is 117 Å². The Morgan fingerprint density at radius 3 is 1.47 bits per heavy atom. The monoisotopic (exact) mass is 1130 g/mol. The van der Waals surface area contributed by atoms with E-state index in [0.29, 0.717) is 57.9 Å². The van der Waals surface area contributed by atoms with Crippen LogP contribution in [0.3, 0.4) is 0 Å². The molecule has 6 aromatic rings. The molecule has 2 heterocycles. The van der Waals surface area contributed by atoms with E-state index >= 15 is 0 Å². The van der Waals surface area contributed by atoms with E-state index in [-0.39, 0.29) is 102 Å². The minimum atomic E-state index is -0.747. The van der Waals surface area contributed by atoms with Gasteiger partial charge in [-0.25, -0.2) is 8.78 Å². The van der Waals surface area contributed by atoms with Crippen molar-refractivity contribution in [2.24, 2.45) is 23.3 Å². The average molecular weight is 1130 g/mol. The molecule has 0 spiro atoms. The number of halogens is 4. The van der Waals surface area contributed by atoms with E-state index in [4.69, 9.17) is 45.5 Å². The number of nitrogens with one attached hydrogen (secondary N) is 3. The molecule has 0 unspecified atom stereocenters. The number of fused-ring (bicyclic) bond motifs is 2. The molecule has 0 bridgehead atoms. The predicted molar refractivity (Wildman–Crippen MR) is 288 cm³/mol. The number of nitrogen functional groups attached to an aromatic ring is 1. The summed E-state index contributed by atoms with van der Waals surface area (Å²) < 4.78 is 30.9. The molecule has 10 rings (SSSR count). The number of amides is 7. The molecule has 7 amide bonds. The van der Waals surface area contributed by atoms with Gasteiger partial charge in [0, 0.05) is 71.3 Å². The van der Waals surface area contributed by atoms with Gasteiger partial charge in [-0.2, -0.15) is 10.2 Å². The average Bonchev–Trinajstić information content (AvgIpc) is 4.25. The van der Waals surface area contributed by atoms with Gasteiger partial charge in [0.15, 0.2) is 11.4 Å². The number of hydrogen-bond donors (Lipinski definition) is 7. The summed E-state index contributed by atoms with van der Waals surface area (Å²) in [5.41, 5.74) is 19.2. The van der Waals surface area contributed by atoms with E-state index in [9.17, 15) is 47.1 Å². The number of carbonyl (C=O) groups excluding carboxylic acids is 7. The fourth-order valence-corrected chi connectivity index (χ4v) is 9.03. The summed E-state index contributed by atoms with van der Waals surface area (Å²) >= 11 is 11.6. The largest absolute Gasteiger partial charge is 0.481 e. The van der Waals surface area contributed by atoms with Crippen molar-refractivity contribution in [3.63, 3.8) is 0 Å². The first-order valence-electron chi connectivity index (χ1n) is 25.6. The van der Waals surface area contributed by atoms with Crippen LogP contribution in [0, 0.1) is 23.5 Å². The molecule has 416 valence electrons. The third-order valence-electron chi connectivity index (χ3n) is 13.4. The van der Waals surface area contributed by atoms with Gasteiger partial charge in [-0.15, -0.1) is 0 Å². The summed E-state index contributed by atoms with van der Waals surface area (Å²) in [5, 5.41) is 25.6. The number of hydrogen-bond acceptors (Lipinski definition) is 11. The van der Waals surface area contributed by atoms with Gasteiger partial charge >= 0.3 is 5.97 Å². The molecular formula is C54H58Cl2F2N12O9. The van der Waals surface area contributed by atoms with Crippen molar-refractivity contribution < 1.29 is 52.2 Å². The van der Waals surface area contributed by atoms with Crippen LogP contribution in [-0.4, -0.2) is 107 Å². The number of carbonyl (C=O) groups is 8. The van der Waals surface area contributed by atoms with Gasteiger partial charge in [0.1, 0.15) is 24.7 Å². The Balaban J connectivity index is 0.000000187. The second-order valence-corrected chi connectivity index (χ2v) is 20.8. The number of aromatic nitrogens is 4. The lowest BCUT2D eigenvalue weighted by Crippen LogP contribution is -2.43. The smallest absolute Gasteiger partial charge is 0.303 e. The lowest BCUT2D eigenvalue weighted by Gasteiger charge is -2.22. The fraction of sp³-hybridized carbons (Fsp3) is 0.370. The topological polar surface area (TPSA) is 313 Å². The van der Waals surface area contributed by atoms with Crippen molar-refractivity contribution in [3.8, 4) is 0 Å². The van der Waals surface area contributed by atoms with Crippen LogP contribution in [0.1, 0.15) is 96.3 Å². The van der Waals surface area contributed by atoms with Crippen LogP contribution in [0.5, 0.6) is 0 Å². The quantitative estimate of drug-likeness (QED) is 0.0430. The molecule has 79 heavy (non-hydrogen) atoms. The van der Waals surface area contributed by atoms with Crippen molar-refractivity contribution >= 4 is 104 Å². The maximum absolute atomic E-state index is 14.2. The van der Waals surface area contributed by atoms with Crippen LogP contribution in [-0.2, 0) is 54.9 Å². The number of aliphatic carboxylic acids is 1. The highest BCUT2D eigenvalue weighted by Crippen LogP contribution is 2.34. The summed E-state index contributed by atoms with van der Waals surface area (Å²) in [5.74, 6) is -4.05. The molecule has 10 N–H and O–H groups in total. The van der Waals surface area contributed by atoms with Gasteiger partial charge < -0.3 is 48.1 Å². The zero-order chi connectivity index (χ0) is 56.7. The number of carboxylic acid groups (broad SMARTS) is 1. The van der Waals surface area contributed by atoms with Gasteiger partial charge in [0.25, 0.3) is 11.8 Å². The molecule has 21 nitrogen and oxygen atoms in total. The normalized spacial score (nSPS) is 14.5. The number of carboxylic acids is 1. The predicted octanol–water partition coefficient (Wildman–Crippen LogP) is 5.66. The van der Waals surface area contributed by atoms with E-state index in [2.05, 4.69) is 26.1 Å². The molecule has 0 radical (unpaired) electrons. The summed E-state index contributed by atoms with van der Waals surface area (Å²) in [7, 11) is 0. The molecule has 4 fully saturated rings. The van der Waals surface area contributed by atoms with E-state index < -0.39 is 41.2 Å². The van der Waals surface area contributed by atoms with E-state index in [1.807, 2.05) is 0 Å². The molecule has 2 aromatic heterocycles. The third kappa shape index (κ3) is 15.5. The van der Waals surface area contributed by atoms with Crippen molar-refractivity contribution in [2.75, 3.05) is 24.1 Å². The first-order chi connectivity index (χ1) is 37.7. The number of rotatable bonds is 21. The van der Waals surface area contributed by atoms with Crippen molar-refractivity contribution in [1.29, 1.82) is 0 Å². The molecule has 0 atom stereocenters. The van der Waals surface area contributed by atoms with Crippen LogP contribution in [0.15, 0.2) is 72.8 Å². The summed E-state index contributed by atoms with van der Waals surface area (Å²) in [6.45, 7) is -0.955. The molecule has 4 aromatic carbocycles. The van der Waals surface area contributed by atoms with E-state index in [1.165, 1.54) is 43.4 Å². The van der Waals surface area contributed by atoms with Crippen LogP contribution >= 0.6 is 23.2 Å². The second kappa shape index (κ2) is 25.1. The molecule has 25 heteroatoms. The van der Waals surface area contributed by atoms with Gasteiger partial charge in [0.05, 0.1) is 34.2 Å². The highest BCUT2D eigenvalue weighted by atomic mass is 35.5. The Labute approximate surface area is 461 Å². The van der Waals surface area contributed by atoms with Crippen molar-refractivity contribution in [2.45, 2.75) is 102 Å². The number of anilines is 2. The Hall–Kier alpha value is -8.18. The highest BCUT2D eigenvalue weighted by Gasteiger charge is 2.36. The molecule has 4 aliphatic carbocycles. The van der Waals surface area contributed by atoms with Crippen LogP contribution in [0.2, 0.25) is 10.0 Å². The number of nitrogens with zero attached hydrogens (tertiary/aromatic N) is 6. The minimum Gasteiger partial charge on any atom is -0.481 e. The van der Waals surface area contributed by atoms with Crippen LogP contribution in [0.4, 0.5) is 20.2 Å². The van der Waals surface area contributed by atoms with E-state index in [1.54, 1.807) is 48.5 Å². The van der Waals surface area contributed by atoms with Crippen molar-refractivity contribution in [1.82, 2.24) is 40.0 Å². The Kier molecular flexibility index (Phi) is 18.1. The first-order valence-corrected chi connectivity index (χ1v) is 26.3. The first kappa shape index (κ1) is 57.0. The second-order valence-electron chi connectivity index (χ2n) is 20.0. The molecule has 0 aliphatic heterocycles. The lowest BCUT2D eigenvalue weighted by atomic mass is 10.1. The van der Waals surface area contributed by atoms with Gasteiger partial charge in [-0.05, 0) is 112 Å². The summed E-state index contributed by atoms with van der Waals surface area (Å²) in [6, 6.07) is 18.7. The molecular weight excluding hydrogens is 1070 g/mol. The van der Waals surface area contributed by atoms with Crippen LogP contribution in [0.25, 0.3) is 21.8 Å². The zero-order valence-electron chi connectivity index (χ0n) is 42.7. The highest BCUT2D eigenvalue weighted by molar-refractivity contribution is 6.31. The molecule has 4 saturated carbocycles. The number of nitrogens with two attached hydrogens (primary N) is 3.